The summed E-state index contributed by atoms with van der Waals surface area (Å²) < 4.78 is 0. The lowest BCUT2D eigenvalue weighted by Gasteiger charge is -2.12. The first kappa shape index (κ1) is 14.1. The van der Waals surface area contributed by atoms with Crippen LogP contribution >= 0.6 is 23.4 Å². The number of hydrogen-bond acceptors (Lipinski definition) is 5. The highest BCUT2D eigenvalue weighted by molar-refractivity contribution is 7.98. The molecule has 0 aliphatic rings. The number of benzene rings is 1. The molecular weight excluding hydrogens is 282 g/mol. The lowest BCUT2D eigenvalue weighted by atomic mass is 10.1. The third kappa shape index (κ3) is 4.09. The van der Waals surface area contributed by atoms with Crippen molar-refractivity contribution in [3.05, 3.63) is 47.2 Å². The van der Waals surface area contributed by atoms with Crippen LogP contribution in [0.25, 0.3) is 0 Å². The van der Waals surface area contributed by atoms with Crippen molar-refractivity contribution < 1.29 is 5.11 Å². The minimum absolute atomic E-state index is 0.347. The quantitative estimate of drug-likeness (QED) is 0.831. The van der Waals surface area contributed by atoms with Crippen LogP contribution in [0.5, 0.6) is 0 Å². The molecule has 100 valence electrons. The molecule has 19 heavy (non-hydrogen) atoms. The van der Waals surface area contributed by atoms with E-state index < -0.39 is 6.10 Å². The zero-order chi connectivity index (χ0) is 13.7. The molecule has 0 saturated heterocycles. The standard InChI is InChI=1S/C13H14ClN3OS/c1-19-11-4-2-9(3-5-11)12(18)8-17-13-15-6-10(14)7-16-13/h2-7,12,18H,8H2,1H3,(H,15,16,17). The molecular formula is C13H14ClN3OS. The van der Waals surface area contributed by atoms with Crippen LogP contribution in [0.2, 0.25) is 5.02 Å². The molecule has 1 atom stereocenters. The summed E-state index contributed by atoms with van der Waals surface area (Å²) in [6.07, 6.45) is 4.44. The molecule has 2 rings (SSSR count). The summed E-state index contributed by atoms with van der Waals surface area (Å²) in [4.78, 5) is 9.18. The number of aliphatic hydroxyl groups excluding tert-OH is 1. The Morgan fingerprint density at radius 2 is 1.89 bits per heavy atom. The first-order valence-corrected chi connectivity index (χ1v) is 7.33. The minimum atomic E-state index is -0.602. The van der Waals surface area contributed by atoms with Gasteiger partial charge in [-0.3, -0.25) is 0 Å². The summed E-state index contributed by atoms with van der Waals surface area (Å²) in [6.45, 7) is 0.347. The number of halogens is 1. The molecule has 0 bridgehead atoms. The molecule has 1 aromatic heterocycles. The largest absolute Gasteiger partial charge is 0.387 e. The number of nitrogens with zero attached hydrogens (tertiary/aromatic N) is 2. The Hall–Kier alpha value is -1.30. The van der Waals surface area contributed by atoms with Crippen molar-refractivity contribution >= 4 is 29.3 Å². The molecule has 0 fully saturated rings. The van der Waals surface area contributed by atoms with Gasteiger partial charge in [-0.05, 0) is 24.0 Å². The molecule has 0 saturated carbocycles. The predicted molar refractivity (Wildman–Crippen MR) is 78.7 cm³/mol. The van der Waals surface area contributed by atoms with Crippen LogP contribution in [0, 0.1) is 0 Å². The van der Waals surface area contributed by atoms with Gasteiger partial charge in [-0.25, -0.2) is 9.97 Å². The summed E-state index contributed by atoms with van der Waals surface area (Å²) in [5.74, 6) is 0.448. The second-order valence-corrected chi connectivity index (χ2v) is 5.21. The van der Waals surface area contributed by atoms with Crippen molar-refractivity contribution in [2.75, 3.05) is 18.1 Å². The average molecular weight is 296 g/mol. The summed E-state index contributed by atoms with van der Waals surface area (Å²) in [5.41, 5.74) is 0.860. The van der Waals surface area contributed by atoms with Gasteiger partial charge in [-0.2, -0.15) is 0 Å². The van der Waals surface area contributed by atoms with Crippen molar-refractivity contribution in [1.82, 2.24) is 9.97 Å². The summed E-state index contributed by atoms with van der Waals surface area (Å²) in [7, 11) is 0. The van der Waals surface area contributed by atoms with Gasteiger partial charge < -0.3 is 10.4 Å². The number of nitrogens with one attached hydrogen (secondary N) is 1. The number of aromatic nitrogens is 2. The van der Waals surface area contributed by atoms with E-state index in [0.717, 1.165) is 5.56 Å². The number of anilines is 1. The Morgan fingerprint density at radius 3 is 2.47 bits per heavy atom. The van der Waals surface area contributed by atoms with Crippen LogP contribution in [-0.2, 0) is 0 Å². The van der Waals surface area contributed by atoms with Gasteiger partial charge in [0.05, 0.1) is 23.5 Å². The van der Waals surface area contributed by atoms with Crippen LogP contribution in [0.3, 0.4) is 0 Å². The fourth-order valence-corrected chi connectivity index (χ4v) is 2.04. The lowest BCUT2D eigenvalue weighted by Crippen LogP contribution is -2.13. The third-order valence-electron chi connectivity index (χ3n) is 2.57. The van der Waals surface area contributed by atoms with Gasteiger partial charge in [-0.15, -0.1) is 11.8 Å². The first-order valence-electron chi connectivity index (χ1n) is 5.72. The van der Waals surface area contributed by atoms with Crippen molar-refractivity contribution in [2.45, 2.75) is 11.0 Å². The second-order valence-electron chi connectivity index (χ2n) is 3.89. The molecule has 1 heterocycles. The van der Waals surface area contributed by atoms with E-state index in [9.17, 15) is 5.11 Å². The van der Waals surface area contributed by atoms with Gasteiger partial charge in [0.1, 0.15) is 0 Å². The third-order valence-corrected chi connectivity index (χ3v) is 3.51. The molecule has 0 aliphatic carbocycles. The SMILES string of the molecule is CSc1ccc(C(O)CNc2ncc(Cl)cn2)cc1. The van der Waals surface area contributed by atoms with Crippen molar-refractivity contribution in [3.8, 4) is 0 Å². The summed E-state index contributed by atoms with van der Waals surface area (Å²) >= 11 is 7.37. The second kappa shape index (κ2) is 6.75. The number of hydrogen-bond donors (Lipinski definition) is 2. The van der Waals surface area contributed by atoms with Crippen LogP contribution in [0.15, 0.2) is 41.6 Å². The average Bonchev–Trinajstić information content (AvgIpc) is 2.46. The molecule has 0 amide bonds. The van der Waals surface area contributed by atoms with E-state index in [1.54, 1.807) is 11.8 Å². The van der Waals surface area contributed by atoms with Crippen molar-refractivity contribution in [1.29, 1.82) is 0 Å². The topological polar surface area (TPSA) is 58.0 Å². The first-order chi connectivity index (χ1) is 9.19. The van der Waals surface area contributed by atoms with Crippen molar-refractivity contribution in [3.63, 3.8) is 0 Å². The lowest BCUT2D eigenvalue weighted by molar-refractivity contribution is 0.191. The smallest absolute Gasteiger partial charge is 0.222 e. The molecule has 0 spiro atoms. The monoisotopic (exact) mass is 295 g/mol. The van der Waals surface area contributed by atoms with Crippen LogP contribution in [-0.4, -0.2) is 27.9 Å². The Bertz CT molecular complexity index is 518. The number of thioether (sulfide) groups is 1. The highest BCUT2D eigenvalue weighted by Crippen LogP contribution is 2.19. The molecule has 0 aliphatic heterocycles. The van der Waals surface area contributed by atoms with Crippen LogP contribution in [0.1, 0.15) is 11.7 Å². The molecule has 6 heteroatoms. The molecule has 4 nitrogen and oxygen atoms in total. The van der Waals surface area contributed by atoms with Crippen LogP contribution in [0.4, 0.5) is 5.95 Å². The maximum absolute atomic E-state index is 10.0. The fraction of sp³-hybridized carbons (Fsp3) is 0.231. The van der Waals surface area contributed by atoms with Gasteiger partial charge in [-0.1, -0.05) is 23.7 Å². The highest BCUT2D eigenvalue weighted by Gasteiger charge is 2.07. The van der Waals surface area contributed by atoms with E-state index in [4.69, 9.17) is 11.6 Å². The Kier molecular flexibility index (Phi) is 5.01. The van der Waals surface area contributed by atoms with Crippen LogP contribution < -0.4 is 5.32 Å². The fourth-order valence-electron chi connectivity index (χ4n) is 1.54. The number of rotatable bonds is 5. The summed E-state index contributed by atoms with van der Waals surface area (Å²) in [6, 6.07) is 7.81. The van der Waals surface area contributed by atoms with Gasteiger partial charge >= 0.3 is 0 Å². The van der Waals surface area contributed by atoms with E-state index in [2.05, 4.69) is 15.3 Å². The van der Waals surface area contributed by atoms with Gasteiger partial charge in [0, 0.05) is 11.4 Å². The predicted octanol–water partition coefficient (Wildman–Crippen LogP) is 3.00. The minimum Gasteiger partial charge on any atom is -0.387 e. The van der Waals surface area contributed by atoms with E-state index in [-0.39, 0.29) is 0 Å². The van der Waals surface area contributed by atoms with Gasteiger partial charge in [0.15, 0.2) is 0 Å². The maximum Gasteiger partial charge on any atom is 0.222 e. The molecule has 1 aromatic carbocycles. The van der Waals surface area contributed by atoms with E-state index >= 15 is 0 Å². The Morgan fingerprint density at radius 1 is 1.26 bits per heavy atom. The molecule has 2 aromatic rings. The van der Waals surface area contributed by atoms with Gasteiger partial charge in [0.25, 0.3) is 0 Å². The van der Waals surface area contributed by atoms with E-state index in [1.165, 1.54) is 17.3 Å². The zero-order valence-electron chi connectivity index (χ0n) is 10.4. The van der Waals surface area contributed by atoms with Crippen molar-refractivity contribution in [2.24, 2.45) is 0 Å². The number of aliphatic hydroxyl groups is 1. The van der Waals surface area contributed by atoms with Gasteiger partial charge in [0.2, 0.25) is 5.95 Å². The maximum atomic E-state index is 10.0. The Balaban J connectivity index is 1.93. The molecule has 2 N–H and O–H groups in total. The molecule has 0 radical (unpaired) electrons. The van der Waals surface area contributed by atoms with E-state index in [1.807, 2.05) is 30.5 Å². The summed E-state index contributed by atoms with van der Waals surface area (Å²) in [5, 5.41) is 13.5. The highest BCUT2D eigenvalue weighted by atomic mass is 35.5. The van der Waals surface area contributed by atoms with E-state index in [0.29, 0.717) is 17.5 Å². The Labute approximate surface area is 121 Å². The molecule has 1 unspecified atom stereocenters. The zero-order valence-corrected chi connectivity index (χ0v) is 11.9. The normalized spacial score (nSPS) is 12.2.